The molecular weight excluding hydrogens is 212 g/mol. The molecule has 1 aromatic heterocycles. The molecule has 0 aliphatic carbocycles. The van der Waals surface area contributed by atoms with E-state index in [0.717, 1.165) is 11.3 Å². The summed E-state index contributed by atoms with van der Waals surface area (Å²) in [5, 5.41) is 3.05. The highest BCUT2D eigenvalue weighted by Crippen LogP contribution is 2.21. The normalized spacial score (nSPS) is 11.1. The van der Waals surface area contributed by atoms with E-state index in [-0.39, 0.29) is 5.57 Å². The second-order valence-corrected chi connectivity index (χ2v) is 3.97. The number of hydrogen-bond donors (Lipinski definition) is 1. The third kappa shape index (κ3) is 3.18. The minimum absolute atomic E-state index is 0.284. The van der Waals surface area contributed by atoms with Crippen molar-refractivity contribution in [3.8, 4) is 12.3 Å². The SMILES string of the molecule is C#C/C(C=O)=C/c1ncc(C(C)C)cc1NC. The maximum Gasteiger partial charge on any atom is 0.158 e. The number of carbonyl (C=O) groups is 1. The van der Waals surface area contributed by atoms with Gasteiger partial charge in [-0.05, 0) is 23.6 Å². The molecule has 0 amide bonds. The molecule has 0 saturated heterocycles. The number of nitrogens with one attached hydrogen (secondary N) is 1. The van der Waals surface area contributed by atoms with Crippen molar-refractivity contribution in [1.29, 1.82) is 0 Å². The van der Waals surface area contributed by atoms with Gasteiger partial charge >= 0.3 is 0 Å². The first-order valence-electron chi connectivity index (χ1n) is 5.43. The fourth-order valence-electron chi connectivity index (χ4n) is 1.38. The van der Waals surface area contributed by atoms with Crippen molar-refractivity contribution in [2.24, 2.45) is 0 Å². The highest BCUT2D eigenvalue weighted by Gasteiger charge is 2.05. The molecule has 0 fully saturated rings. The molecule has 88 valence electrons. The smallest absolute Gasteiger partial charge is 0.158 e. The monoisotopic (exact) mass is 228 g/mol. The Morgan fingerprint density at radius 3 is 2.76 bits per heavy atom. The average molecular weight is 228 g/mol. The van der Waals surface area contributed by atoms with E-state index in [1.54, 1.807) is 12.3 Å². The lowest BCUT2D eigenvalue weighted by Crippen LogP contribution is -1.98. The molecule has 0 spiro atoms. The predicted octanol–water partition coefficient (Wildman–Crippen LogP) is 2.46. The van der Waals surface area contributed by atoms with E-state index < -0.39 is 0 Å². The Bertz CT molecular complexity index is 481. The molecule has 1 rings (SSSR count). The summed E-state index contributed by atoms with van der Waals surface area (Å²) in [6.45, 7) is 4.20. The maximum absolute atomic E-state index is 10.7. The van der Waals surface area contributed by atoms with Crippen LogP contribution in [0.15, 0.2) is 17.8 Å². The van der Waals surface area contributed by atoms with Gasteiger partial charge in [0.25, 0.3) is 0 Å². The molecule has 1 aromatic rings. The molecule has 0 atom stereocenters. The number of anilines is 1. The zero-order chi connectivity index (χ0) is 12.8. The van der Waals surface area contributed by atoms with Crippen molar-refractivity contribution in [3.63, 3.8) is 0 Å². The van der Waals surface area contributed by atoms with Gasteiger partial charge in [0.1, 0.15) is 0 Å². The molecule has 0 unspecified atom stereocenters. The van der Waals surface area contributed by atoms with Gasteiger partial charge in [-0.2, -0.15) is 0 Å². The van der Waals surface area contributed by atoms with E-state index in [9.17, 15) is 4.79 Å². The number of hydrogen-bond acceptors (Lipinski definition) is 3. The van der Waals surface area contributed by atoms with E-state index in [1.165, 1.54) is 0 Å². The Morgan fingerprint density at radius 2 is 2.29 bits per heavy atom. The summed E-state index contributed by atoms with van der Waals surface area (Å²) in [6, 6.07) is 2.02. The highest BCUT2D eigenvalue weighted by molar-refractivity contribution is 5.88. The van der Waals surface area contributed by atoms with Crippen molar-refractivity contribution in [2.75, 3.05) is 12.4 Å². The summed E-state index contributed by atoms with van der Waals surface area (Å²) in [7, 11) is 1.81. The van der Waals surface area contributed by atoms with Crippen LogP contribution in [0.5, 0.6) is 0 Å². The van der Waals surface area contributed by atoms with Gasteiger partial charge in [-0.3, -0.25) is 9.78 Å². The lowest BCUT2D eigenvalue weighted by molar-refractivity contribution is -0.104. The standard InChI is InChI=1S/C14H16N2O/c1-5-11(9-17)6-14-13(15-4)7-12(8-16-14)10(2)3/h1,6-10,15H,2-4H3/b11-6-. The van der Waals surface area contributed by atoms with Gasteiger partial charge < -0.3 is 5.32 Å². The largest absolute Gasteiger partial charge is 0.386 e. The Morgan fingerprint density at radius 1 is 1.59 bits per heavy atom. The third-order valence-corrected chi connectivity index (χ3v) is 2.46. The number of aldehydes is 1. The zero-order valence-corrected chi connectivity index (χ0v) is 10.3. The number of nitrogens with zero attached hydrogens (tertiary/aromatic N) is 1. The highest BCUT2D eigenvalue weighted by atomic mass is 16.1. The lowest BCUT2D eigenvalue weighted by Gasteiger charge is -2.10. The Hall–Kier alpha value is -2.08. The van der Waals surface area contributed by atoms with Crippen LogP contribution >= 0.6 is 0 Å². The van der Waals surface area contributed by atoms with Crippen LogP contribution in [0.3, 0.4) is 0 Å². The number of rotatable bonds is 4. The van der Waals surface area contributed by atoms with Gasteiger partial charge in [0, 0.05) is 13.2 Å². The van der Waals surface area contributed by atoms with Gasteiger partial charge in [0.15, 0.2) is 6.29 Å². The van der Waals surface area contributed by atoms with Crippen molar-refractivity contribution >= 4 is 18.0 Å². The van der Waals surface area contributed by atoms with E-state index >= 15 is 0 Å². The van der Waals surface area contributed by atoms with E-state index in [4.69, 9.17) is 6.42 Å². The first-order valence-corrected chi connectivity index (χ1v) is 5.43. The molecule has 0 aromatic carbocycles. The molecule has 0 bridgehead atoms. The predicted molar refractivity (Wildman–Crippen MR) is 70.7 cm³/mol. The first kappa shape index (κ1) is 13.0. The Kier molecular flexibility index (Phi) is 4.47. The van der Waals surface area contributed by atoms with Crippen LogP contribution in [0.4, 0.5) is 5.69 Å². The van der Waals surface area contributed by atoms with Crippen LogP contribution in [-0.2, 0) is 4.79 Å². The second-order valence-electron chi connectivity index (χ2n) is 3.97. The van der Waals surface area contributed by atoms with Crippen LogP contribution in [0.1, 0.15) is 31.0 Å². The van der Waals surface area contributed by atoms with Gasteiger partial charge in [-0.25, -0.2) is 0 Å². The second kappa shape index (κ2) is 5.86. The quantitative estimate of drug-likeness (QED) is 0.489. The van der Waals surface area contributed by atoms with E-state index in [1.807, 2.05) is 13.1 Å². The minimum Gasteiger partial charge on any atom is -0.386 e. The zero-order valence-electron chi connectivity index (χ0n) is 10.3. The van der Waals surface area contributed by atoms with Crippen molar-refractivity contribution in [1.82, 2.24) is 4.98 Å². The fraction of sp³-hybridized carbons (Fsp3) is 0.286. The summed E-state index contributed by atoms with van der Waals surface area (Å²) < 4.78 is 0. The number of terminal acetylenes is 1. The molecule has 1 heterocycles. The molecule has 0 saturated carbocycles. The van der Waals surface area contributed by atoms with Crippen LogP contribution < -0.4 is 5.32 Å². The third-order valence-electron chi connectivity index (χ3n) is 2.46. The van der Waals surface area contributed by atoms with Gasteiger partial charge in [-0.1, -0.05) is 19.8 Å². The molecule has 3 nitrogen and oxygen atoms in total. The summed E-state index contributed by atoms with van der Waals surface area (Å²) in [4.78, 5) is 15.0. The maximum atomic E-state index is 10.7. The molecule has 0 aliphatic heterocycles. The Balaban J connectivity index is 3.23. The summed E-state index contributed by atoms with van der Waals surface area (Å²) in [6.07, 6.45) is 9.26. The summed E-state index contributed by atoms with van der Waals surface area (Å²) in [5.41, 5.74) is 2.97. The molecular formula is C14H16N2O. The molecule has 0 radical (unpaired) electrons. The van der Waals surface area contributed by atoms with Crippen LogP contribution in [-0.4, -0.2) is 18.3 Å². The van der Waals surface area contributed by atoms with Gasteiger partial charge in [0.05, 0.1) is 17.0 Å². The summed E-state index contributed by atoms with van der Waals surface area (Å²) in [5.74, 6) is 2.72. The van der Waals surface area contributed by atoms with Crippen molar-refractivity contribution < 1.29 is 4.79 Å². The van der Waals surface area contributed by atoms with Crippen LogP contribution in [0, 0.1) is 12.3 Å². The van der Waals surface area contributed by atoms with Crippen molar-refractivity contribution in [2.45, 2.75) is 19.8 Å². The minimum atomic E-state index is 0.284. The molecule has 17 heavy (non-hydrogen) atoms. The molecule has 3 heteroatoms. The van der Waals surface area contributed by atoms with Crippen LogP contribution in [0.25, 0.3) is 6.08 Å². The number of allylic oxidation sites excluding steroid dienone is 1. The Labute approximate surface area is 102 Å². The van der Waals surface area contributed by atoms with Gasteiger partial charge in [-0.15, -0.1) is 6.42 Å². The number of pyridine rings is 1. The molecule has 0 aliphatic rings. The van der Waals surface area contributed by atoms with E-state index in [2.05, 4.69) is 30.1 Å². The van der Waals surface area contributed by atoms with E-state index in [0.29, 0.717) is 17.9 Å². The fourth-order valence-corrected chi connectivity index (χ4v) is 1.38. The average Bonchev–Trinajstić information content (AvgIpc) is 2.35. The number of carbonyl (C=O) groups excluding carboxylic acids is 1. The molecule has 1 N–H and O–H groups in total. The van der Waals surface area contributed by atoms with Crippen LogP contribution in [0.2, 0.25) is 0 Å². The first-order chi connectivity index (χ1) is 8.12. The number of aromatic nitrogens is 1. The summed E-state index contributed by atoms with van der Waals surface area (Å²) >= 11 is 0. The topological polar surface area (TPSA) is 42.0 Å². The van der Waals surface area contributed by atoms with Crippen molar-refractivity contribution in [3.05, 3.63) is 29.1 Å². The lowest BCUT2D eigenvalue weighted by atomic mass is 10.0. The van der Waals surface area contributed by atoms with Gasteiger partial charge in [0.2, 0.25) is 0 Å².